The fraction of sp³-hybridized carbons (Fsp3) is 0.448. The molecule has 2 heterocycles. The summed E-state index contributed by atoms with van der Waals surface area (Å²) in [5.41, 5.74) is 1.73. The Morgan fingerprint density at radius 3 is 2.55 bits per heavy atom. The number of aromatic nitrogens is 1. The zero-order valence-electron chi connectivity index (χ0n) is 22.7. The number of rotatable bonds is 9. The van der Waals surface area contributed by atoms with Crippen LogP contribution in [0.5, 0.6) is 5.75 Å². The first-order chi connectivity index (χ1) is 18.2. The second-order valence-corrected chi connectivity index (χ2v) is 12.1. The van der Waals surface area contributed by atoms with Crippen LogP contribution < -0.4 is 15.0 Å². The van der Waals surface area contributed by atoms with Gasteiger partial charge in [-0.2, -0.15) is 0 Å². The van der Waals surface area contributed by atoms with Gasteiger partial charge < -0.3 is 19.9 Å². The standard InChI is InChI=1S/C29H38N4O4S/c1-5-6-18-37-23-9-11-24(12-10-23)38(35,36)27-20-30-26-13-8-22(29(34)31-21(2)3)19-25(26)28(27)33-15-7-14-32(4)16-17-33/h8-13,19-21H,5-7,14-18H2,1-4H3,(H,31,34). The van der Waals surface area contributed by atoms with Crippen molar-refractivity contribution in [2.24, 2.45) is 0 Å². The van der Waals surface area contributed by atoms with Crippen LogP contribution in [-0.2, 0) is 9.84 Å². The van der Waals surface area contributed by atoms with Gasteiger partial charge in [0.25, 0.3) is 5.91 Å². The molecule has 0 spiro atoms. The summed E-state index contributed by atoms with van der Waals surface area (Å²) in [4.78, 5) is 22.1. The Hall–Kier alpha value is -3.17. The molecule has 0 atom stereocenters. The van der Waals surface area contributed by atoms with Gasteiger partial charge in [-0.05, 0) is 82.7 Å². The second kappa shape index (κ2) is 12.1. The molecule has 9 heteroatoms. The van der Waals surface area contributed by atoms with Gasteiger partial charge in [-0.1, -0.05) is 13.3 Å². The van der Waals surface area contributed by atoms with Crippen molar-refractivity contribution >= 4 is 32.3 Å². The van der Waals surface area contributed by atoms with Crippen LogP contribution in [0.1, 0.15) is 50.4 Å². The molecule has 8 nitrogen and oxygen atoms in total. The van der Waals surface area contributed by atoms with Crippen molar-refractivity contribution in [3.05, 3.63) is 54.2 Å². The van der Waals surface area contributed by atoms with Crippen molar-refractivity contribution < 1.29 is 17.9 Å². The highest BCUT2D eigenvalue weighted by molar-refractivity contribution is 7.91. The zero-order chi connectivity index (χ0) is 27.3. The Bertz CT molecular complexity index is 1370. The molecule has 0 unspecified atom stereocenters. The van der Waals surface area contributed by atoms with Gasteiger partial charge in [0.05, 0.1) is 22.7 Å². The van der Waals surface area contributed by atoms with Crippen molar-refractivity contribution in [3.63, 3.8) is 0 Å². The number of nitrogens with one attached hydrogen (secondary N) is 1. The maximum Gasteiger partial charge on any atom is 0.251 e. The van der Waals surface area contributed by atoms with E-state index in [0.29, 0.717) is 47.6 Å². The molecule has 1 aliphatic heterocycles. The van der Waals surface area contributed by atoms with Crippen LogP contribution >= 0.6 is 0 Å². The number of likely N-dealkylation sites (N-methyl/N-ethyl adjacent to an activating group) is 1. The topological polar surface area (TPSA) is 91.8 Å². The van der Waals surface area contributed by atoms with Gasteiger partial charge in [-0.15, -0.1) is 0 Å². The van der Waals surface area contributed by atoms with Gasteiger partial charge in [0.1, 0.15) is 10.6 Å². The lowest BCUT2D eigenvalue weighted by Gasteiger charge is -2.27. The van der Waals surface area contributed by atoms with Crippen molar-refractivity contribution in [3.8, 4) is 5.75 Å². The summed E-state index contributed by atoms with van der Waals surface area (Å²) in [6.07, 6.45) is 4.32. The number of hydrogen-bond donors (Lipinski definition) is 1. The van der Waals surface area contributed by atoms with Crippen LogP contribution in [-0.4, -0.2) is 70.1 Å². The molecule has 1 aromatic heterocycles. The SMILES string of the molecule is CCCCOc1ccc(S(=O)(=O)c2cnc3ccc(C(=O)NC(C)C)cc3c2N2CCCN(C)CC2)cc1. The van der Waals surface area contributed by atoms with E-state index in [2.05, 4.69) is 34.1 Å². The molecule has 1 fully saturated rings. The minimum atomic E-state index is -3.90. The van der Waals surface area contributed by atoms with E-state index in [4.69, 9.17) is 4.74 Å². The molecule has 1 saturated heterocycles. The normalized spacial score (nSPS) is 15.0. The van der Waals surface area contributed by atoms with E-state index in [9.17, 15) is 13.2 Å². The molecule has 3 aromatic rings. The van der Waals surface area contributed by atoms with Gasteiger partial charge in [-0.25, -0.2) is 8.42 Å². The van der Waals surface area contributed by atoms with Crippen LogP contribution in [0.4, 0.5) is 5.69 Å². The van der Waals surface area contributed by atoms with Crippen LogP contribution in [0.3, 0.4) is 0 Å². The van der Waals surface area contributed by atoms with E-state index in [-0.39, 0.29) is 21.7 Å². The van der Waals surface area contributed by atoms with E-state index in [0.717, 1.165) is 32.4 Å². The molecular formula is C29H38N4O4S. The Kier molecular flexibility index (Phi) is 8.89. The number of sulfone groups is 1. The van der Waals surface area contributed by atoms with Gasteiger partial charge >= 0.3 is 0 Å². The minimum Gasteiger partial charge on any atom is -0.494 e. The molecule has 0 saturated carbocycles. The van der Waals surface area contributed by atoms with E-state index in [1.54, 1.807) is 42.5 Å². The molecule has 1 N–H and O–H groups in total. The Labute approximate surface area is 225 Å². The summed E-state index contributed by atoms with van der Waals surface area (Å²) in [7, 11) is -1.83. The van der Waals surface area contributed by atoms with Crippen molar-refractivity contribution in [2.45, 2.75) is 55.9 Å². The number of pyridine rings is 1. The highest BCUT2D eigenvalue weighted by Gasteiger charge is 2.28. The molecule has 204 valence electrons. The molecule has 1 aliphatic rings. The number of hydrogen-bond acceptors (Lipinski definition) is 7. The first-order valence-electron chi connectivity index (χ1n) is 13.4. The van der Waals surface area contributed by atoms with E-state index < -0.39 is 9.84 Å². The predicted octanol–water partition coefficient (Wildman–Crippen LogP) is 4.53. The van der Waals surface area contributed by atoms with Crippen molar-refractivity contribution in [1.82, 2.24) is 15.2 Å². The number of carbonyl (C=O) groups excluding carboxylic acids is 1. The van der Waals surface area contributed by atoms with Crippen molar-refractivity contribution in [2.75, 3.05) is 44.7 Å². The average Bonchev–Trinajstić information content (AvgIpc) is 3.11. The third kappa shape index (κ3) is 6.27. The molecule has 0 aliphatic carbocycles. The first kappa shape index (κ1) is 27.9. The molecule has 4 rings (SSSR count). The van der Waals surface area contributed by atoms with E-state index in [1.165, 1.54) is 6.20 Å². The summed E-state index contributed by atoms with van der Waals surface area (Å²) in [5.74, 6) is 0.445. The Morgan fingerprint density at radius 2 is 1.84 bits per heavy atom. The fourth-order valence-corrected chi connectivity index (χ4v) is 6.05. The summed E-state index contributed by atoms with van der Waals surface area (Å²) in [6, 6.07) is 11.9. The van der Waals surface area contributed by atoms with Gasteiger partial charge in [0, 0.05) is 42.8 Å². The lowest BCUT2D eigenvalue weighted by Crippen LogP contribution is -2.31. The smallest absolute Gasteiger partial charge is 0.251 e. The molecule has 1 amide bonds. The van der Waals surface area contributed by atoms with E-state index in [1.807, 2.05) is 13.8 Å². The third-order valence-electron chi connectivity index (χ3n) is 6.71. The van der Waals surface area contributed by atoms with Crippen LogP contribution in [0, 0.1) is 0 Å². The Morgan fingerprint density at radius 1 is 1.08 bits per heavy atom. The van der Waals surface area contributed by atoms with Crippen LogP contribution in [0.2, 0.25) is 0 Å². The lowest BCUT2D eigenvalue weighted by molar-refractivity contribution is 0.0943. The number of amides is 1. The number of unbranched alkanes of at least 4 members (excludes halogenated alkanes) is 1. The fourth-order valence-electron chi connectivity index (χ4n) is 4.62. The number of benzene rings is 2. The quantitative estimate of drug-likeness (QED) is 0.400. The molecular weight excluding hydrogens is 500 g/mol. The largest absolute Gasteiger partial charge is 0.494 e. The minimum absolute atomic E-state index is 0.0161. The molecule has 0 radical (unpaired) electrons. The molecule has 2 aromatic carbocycles. The molecule has 38 heavy (non-hydrogen) atoms. The second-order valence-electron chi connectivity index (χ2n) is 10.2. The van der Waals surface area contributed by atoms with Gasteiger partial charge in [0.2, 0.25) is 9.84 Å². The summed E-state index contributed by atoms with van der Waals surface area (Å²) in [6.45, 7) is 9.62. The maximum absolute atomic E-state index is 14.0. The number of fused-ring (bicyclic) bond motifs is 1. The summed E-state index contributed by atoms with van der Waals surface area (Å²) < 4.78 is 33.8. The lowest BCUT2D eigenvalue weighted by atomic mass is 10.1. The molecule has 0 bridgehead atoms. The van der Waals surface area contributed by atoms with Crippen molar-refractivity contribution in [1.29, 1.82) is 0 Å². The number of anilines is 1. The van der Waals surface area contributed by atoms with Crippen LogP contribution in [0.15, 0.2) is 58.5 Å². The predicted molar refractivity (Wildman–Crippen MR) is 151 cm³/mol. The van der Waals surface area contributed by atoms with Gasteiger partial charge in [-0.3, -0.25) is 9.78 Å². The number of nitrogens with zero attached hydrogens (tertiary/aromatic N) is 3. The number of ether oxygens (including phenoxy) is 1. The summed E-state index contributed by atoms with van der Waals surface area (Å²) >= 11 is 0. The number of carbonyl (C=O) groups is 1. The zero-order valence-corrected chi connectivity index (χ0v) is 23.6. The highest BCUT2D eigenvalue weighted by atomic mass is 32.2. The first-order valence-corrected chi connectivity index (χ1v) is 14.8. The van der Waals surface area contributed by atoms with Gasteiger partial charge in [0.15, 0.2) is 0 Å². The third-order valence-corrected chi connectivity index (χ3v) is 8.48. The highest BCUT2D eigenvalue weighted by Crippen LogP contribution is 2.37. The van der Waals surface area contributed by atoms with E-state index >= 15 is 0 Å². The Balaban J connectivity index is 1.83. The summed E-state index contributed by atoms with van der Waals surface area (Å²) in [5, 5.41) is 3.58. The van der Waals surface area contributed by atoms with Crippen LogP contribution in [0.25, 0.3) is 10.9 Å². The average molecular weight is 539 g/mol. The maximum atomic E-state index is 14.0. The monoisotopic (exact) mass is 538 g/mol.